The van der Waals surface area contributed by atoms with Gasteiger partial charge in [0.15, 0.2) is 0 Å². The number of urea groups is 1. The van der Waals surface area contributed by atoms with Crippen LogP contribution in [-0.4, -0.2) is 23.7 Å². The van der Waals surface area contributed by atoms with Gasteiger partial charge in [-0.25, -0.2) is 14.0 Å². The fourth-order valence-corrected chi connectivity index (χ4v) is 1.34. The Balaban J connectivity index is 2.69. The van der Waals surface area contributed by atoms with E-state index in [1.54, 1.807) is 6.92 Å². The molecule has 5 nitrogen and oxygen atoms in total. The molecule has 0 spiro atoms. The summed E-state index contributed by atoms with van der Waals surface area (Å²) in [5.41, 5.74) is -0.267. The number of nitrogens with one attached hydrogen (secondary N) is 2. The number of carboxylic acid groups (broad SMARTS) is 1. The first-order valence-electron chi connectivity index (χ1n) is 5.52. The molecule has 0 radical (unpaired) electrons. The minimum atomic E-state index is -1.24. The number of rotatable bonds is 4. The molecule has 0 bridgehead atoms. The van der Waals surface area contributed by atoms with Crippen LogP contribution < -0.4 is 10.6 Å². The third-order valence-corrected chi connectivity index (χ3v) is 2.17. The summed E-state index contributed by atoms with van der Waals surface area (Å²) in [6.07, 6.45) is 0.485. The number of halogens is 1. The normalized spacial score (nSPS) is 9.16. The highest BCUT2D eigenvalue weighted by atomic mass is 19.1. The van der Waals surface area contributed by atoms with Gasteiger partial charge >= 0.3 is 12.0 Å². The van der Waals surface area contributed by atoms with Crippen molar-refractivity contribution in [3.8, 4) is 11.8 Å². The van der Waals surface area contributed by atoms with E-state index < -0.39 is 17.8 Å². The van der Waals surface area contributed by atoms with E-state index in [0.717, 1.165) is 18.2 Å². The highest BCUT2D eigenvalue weighted by Gasteiger charge is 2.12. The highest BCUT2D eigenvalue weighted by molar-refractivity contribution is 5.99. The number of carbonyl (C=O) groups is 2. The molecule has 0 atom stereocenters. The number of carboxylic acids is 1. The van der Waals surface area contributed by atoms with Gasteiger partial charge in [0.2, 0.25) is 0 Å². The molecule has 100 valence electrons. The minimum absolute atomic E-state index is 0.0911. The van der Waals surface area contributed by atoms with Crippen LogP contribution in [0.25, 0.3) is 0 Å². The summed E-state index contributed by atoms with van der Waals surface area (Å²) in [6, 6.07) is 2.46. The molecular weight excluding hydrogens is 251 g/mol. The smallest absolute Gasteiger partial charge is 0.337 e. The Morgan fingerprint density at radius 3 is 2.79 bits per heavy atom. The molecule has 0 fully saturated rings. The number of anilines is 1. The Kier molecular flexibility index (Phi) is 5.35. The average Bonchev–Trinajstić information content (AvgIpc) is 2.34. The molecule has 19 heavy (non-hydrogen) atoms. The Bertz CT molecular complexity index is 547. The quantitative estimate of drug-likeness (QED) is 0.575. The van der Waals surface area contributed by atoms with Crippen molar-refractivity contribution in [1.82, 2.24) is 5.32 Å². The summed E-state index contributed by atoms with van der Waals surface area (Å²) < 4.78 is 13.0. The van der Waals surface area contributed by atoms with Crippen LogP contribution in [0.5, 0.6) is 0 Å². The van der Waals surface area contributed by atoms with Crippen molar-refractivity contribution in [2.45, 2.75) is 13.3 Å². The van der Waals surface area contributed by atoms with Crippen LogP contribution in [0, 0.1) is 17.7 Å². The van der Waals surface area contributed by atoms with E-state index in [2.05, 4.69) is 22.5 Å². The SMILES string of the molecule is CC#CCCNC(=O)Nc1cc(F)ccc1C(=O)O. The van der Waals surface area contributed by atoms with E-state index in [4.69, 9.17) is 5.11 Å². The highest BCUT2D eigenvalue weighted by Crippen LogP contribution is 2.17. The number of benzene rings is 1. The summed E-state index contributed by atoms with van der Waals surface area (Å²) in [7, 11) is 0. The largest absolute Gasteiger partial charge is 0.478 e. The van der Waals surface area contributed by atoms with Gasteiger partial charge in [0.1, 0.15) is 5.82 Å². The number of hydrogen-bond donors (Lipinski definition) is 3. The van der Waals surface area contributed by atoms with Gasteiger partial charge in [-0.1, -0.05) is 0 Å². The first-order valence-corrected chi connectivity index (χ1v) is 5.52. The third kappa shape index (κ3) is 4.68. The molecule has 0 aromatic heterocycles. The number of carbonyl (C=O) groups excluding carboxylic acids is 1. The van der Waals surface area contributed by atoms with Crippen LogP contribution >= 0.6 is 0 Å². The average molecular weight is 264 g/mol. The molecule has 2 amide bonds. The van der Waals surface area contributed by atoms with E-state index in [9.17, 15) is 14.0 Å². The van der Waals surface area contributed by atoms with Crippen molar-refractivity contribution in [2.24, 2.45) is 0 Å². The standard InChI is InChI=1S/C13H13FN2O3/c1-2-3-4-7-15-13(19)16-11-8-9(14)5-6-10(11)12(17)18/h5-6,8H,4,7H2,1H3,(H,17,18)(H2,15,16,19). The monoisotopic (exact) mass is 264 g/mol. The van der Waals surface area contributed by atoms with Gasteiger partial charge in [0.25, 0.3) is 0 Å². The zero-order valence-electron chi connectivity index (χ0n) is 10.3. The van der Waals surface area contributed by atoms with Crippen LogP contribution in [0.4, 0.5) is 14.9 Å². The lowest BCUT2D eigenvalue weighted by Crippen LogP contribution is -2.30. The van der Waals surface area contributed by atoms with E-state index in [0.29, 0.717) is 13.0 Å². The van der Waals surface area contributed by atoms with Gasteiger partial charge in [0, 0.05) is 13.0 Å². The Labute approximate surface area is 109 Å². The van der Waals surface area contributed by atoms with Crippen LogP contribution in [-0.2, 0) is 0 Å². The molecule has 1 aromatic rings. The van der Waals surface area contributed by atoms with Crippen molar-refractivity contribution in [3.05, 3.63) is 29.6 Å². The Morgan fingerprint density at radius 2 is 2.16 bits per heavy atom. The Hall–Kier alpha value is -2.55. The minimum Gasteiger partial charge on any atom is -0.478 e. The van der Waals surface area contributed by atoms with Gasteiger partial charge < -0.3 is 15.7 Å². The predicted octanol–water partition coefficient (Wildman–Crippen LogP) is 2.06. The lowest BCUT2D eigenvalue weighted by Gasteiger charge is -2.09. The molecule has 6 heteroatoms. The van der Waals surface area contributed by atoms with Crippen LogP contribution in [0.2, 0.25) is 0 Å². The molecule has 1 rings (SSSR count). The van der Waals surface area contributed by atoms with E-state index in [-0.39, 0.29) is 11.3 Å². The van der Waals surface area contributed by atoms with Crippen molar-refractivity contribution in [3.63, 3.8) is 0 Å². The molecule has 0 aliphatic heterocycles. The van der Waals surface area contributed by atoms with Crippen LogP contribution in [0.1, 0.15) is 23.7 Å². The zero-order chi connectivity index (χ0) is 14.3. The fourth-order valence-electron chi connectivity index (χ4n) is 1.34. The molecule has 0 aliphatic rings. The summed E-state index contributed by atoms with van der Waals surface area (Å²) in [5.74, 6) is 3.56. The molecule has 0 saturated carbocycles. The van der Waals surface area contributed by atoms with Gasteiger partial charge in [-0.2, -0.15) is 0 Å². The fraction of sp³-hybridized carbons (Fsp3) is 0.231. The topological polar surface area (TPSA) is 78.4 Å². The molecule has 0 saturated heterocycles. The molecule has 0 heterocycles. The zero-order valence-corrected chi connectivity index (χ0v) is 10.3. The van der Waals surface area contributed by atoms with Crippen molar-refractivity contribution in [2.75, 3.05) is 11.9 Å². The van der Waals surface area contributed by atoms with E-state index >= 15 is 0 Å². The summed E-state index contributed by atoms with van der Waals surface area (Å²) in [6.45, 7) is 2.01. The number of aromatic carboxylic acids is 1. The maximum absolute atomic E-state index is 13.0. The molecule has 0 aliphatic carbocycles. The molecule has 3 N–H and O–H groups in total. The third-order valence-electron chi connectivity index (χ3n) is 2.17. The molecular formula is C13H13FN2O3. The van der Waals surface area contributed by atoms with Crippen LogP contribution in [0.3, 0.4) is 0 Å². The van der Waals surface area contributed by atoms with Crippen molar-refractivity contribution >= 4 is 17.7 Å². The molecule has 0 unspecified atom stereocenters. The Morgan fingerprint density at radius 1 is 1.42 bits per heavy atom. The van der Waals surface area contributed by atoms with Gasteiger partial charge in [0.05, 0.1) is 11.3 Å². The predicted molar refractivity (Wildman–Crippen MR) is 68.4 cm³/mol. The second-order valence-electron chi connectivity index (χ2n) is 3.55. The first-order chi connectivity index (χ1) is 9.04. The lowest BCUT2D eigenvalue weighted by molar-refractivity contribution is 0.0698. The first kappa shape index (κ1) is 14.5. The summed E-state index contributed by atoms with van der Waals surface area (Å²) >= 11 is 0. The van der Waals surface area contributed by atoms with Gasteiger partial charge in [-0.15, -0.1) is 11.8 Å². The van der Waals surface area contributed by atoms with Gasteiger partial charge in [-0.05, 0) is 25.1 Å². The van der Waals surface area contributed by atoms with E-state index in [1.807, 2.05) is 0 Å². The van der Waals surface area contributed by atoms with Crippen molar-refractivity contribution in [1.29, 1.82) is 0 Å². The van der Waals surface area contributed by atoms with Crippen molar-refractivity contribution < 1.29 is 19.1 Å². The maximum Gasteiger partial charge on any atom is 0.337 e. The second kappa shape index (κ2) is 7.01. The number of amides is 2. The van der Waals surface area contributed by atoms with Crippen LogP contribution in [0.15, 0.2) is 18.2 Å². The van der Waals surface area contributed by atoms with E-state index in [1.165, 1.54) is 0 Å². The van der Waals surface area contributed by atoms with Gasteiger partial charge in [-0.3, -0.25) is 0 Å². The maximum atomic E-state index is 13.0. The lowest BCUT2D eigenvalue weighted by atomic mass is 10.2. The second-order valence-corrected chi connectivity index (χ2v) is 3.55. The number of hydrogen-bond acceptors (Lipinski definition) is 2. The summed E-state index contributed by atoms with van der Waals surface area (Å²) in [4.78, 5) is 22.4. The summed E-state index contributed by atoms with van der Waals surface area (Å²) in [5, 5.41) is 13.7. The molecule has 1 aromatic carbocycles.